The summed E-state index contributed by atoms with van der Waals surface area (Å²) in [5, 5.41) is 11.7. The van der Waals surface area contributed by atoms with Gasteiger partial charge in [0.05, 0.1) is 6.42 Å². The van der Waals surface area contributed by atoms with Crippen LogP contribution in [0, 0.1) is 0 Å². The van der Waals surface area contributed by atoms with Gasteiger partial charge in [0, 0.05) is 22.9 Å². The second-order valence-corrected chi connectivity index (χ2v) is 7.63. The summed E-state index contributed by atoms with van der Waals surface area (Å²) in [6, 6.07) is 5.60. The number of hydrogen-bond acceptors (Lipinski definition) is 5. The standard InChI is InChI=1S/C15H18N2O3S2/c1-15(2,3)13-17-10-5-4-9(8-11(10)20-13)16-14(21)22-7-6-12(18)19/h4-5,8H,6-7H2,1-3H3,(H,16,21)(H,18,19). The molecule has 1 aromatic carbocycles. The third kappa shape index (κ3) is 4.45. The van der Waals surface area contributed by atoms with Crippen molar-refractivity contribution in [2.24, 2.45) is 0 Å². The van der Waals surface area contributed by atoms with Gasteiger partial charge < -0.3 is 14.8 Å². The molecule has 0 fully saturated rings. The molecular weight excluding hydrogens is 320 g/mol. The number of benzene rings is 1. The monoisotopic (exact) mass is 338 g/mol. The third-order valence-corrected chi connectivity index (χ3v) is 4.05. The minimum atomic E-state index is -0.826. The fourth-order valence-corrected chi connectivity index (χ4v) is 2.73. The molecular formula is C15H18N2O3S2. The number of rotatable bonds is 4. The molecule has 0 amide bonds. The van der Waals surface area contributed by atoms with E-state index in [-0.39, 0.29) is 11.8 Å². The fraction of sp³-hybridized carbons (Fsp3) is 0.400. The molecule has 7 heteroatoms. The van der Waals surface area contributed by atoms with Crippen molar-refractivity contribution in [1.82, 2.24) is 4.98 Å². The van der Waals surface area contributed by atoms with E-state index in [0.29, 0.717) is 21.5 Å². The topological polar surface area (TPSA) is 75.4 Å². The Balaban J connectivity index is 2.06. The molecule has 5 nitrogen and oxygen atoms in total. The van der Waals surface area contributed by atoms with Crippen molar-refractivity contribution < 1.29 is 14.3 Å². The second-order valence-electron chi connectivity index (χ2n) is 5.86. The zero-order chi connectivity index (χ0) is 16.3. The van der Waals surface area contributed by atoms with Crippen molar-refractivity contribution in [2.75, 3.05) is 11.1 Å². The van der Waals surface area contributed by atoms with Crippen LogP contribution in [0.15, 0.2) is 22.6 Å². The number of nitrogens with one attached hydrogen (secondary N) is 1. The van der Waals surface area contributed by atoms with E-state index in [1.807, 2.05) is 39.0 Å². The van der Waals surface area contributed by atoms with Crippen molar-refractivity contribution in [1.29, 1.82) is 0 Å². The number of aliphatic carboxylic acids is 1. The average Bonchev–Trinajstić information content (AvgIpc) is 2.81. The molecule has 0 saturated heterocycles. The van der Waals surface area contributed by atoms with Crippen LogP contribution in [0.25, 0.3) is 11.1 Å². The van der Waals surface area contributed by atoms with E-state index in [2.05, 4.69) is 10.3 Å². The second kappa shape index (κ2) is 6.66. The molecule has 0 aliphatic rings. The van der Waals surface area contributed by atoms with E-state index in [1.54, 1.807) is 0 Å². The molecule has 1 aromatic heterocycles. The summed E-state index contributed by atoms with van der Waals surface area (Å²) in [5.41, 5.74) is 2.17. The quantitative estimate of drug-likeness (QED) is 0.815. The van der Waals surface area contributed by atoms with Crippen LogP contribution < -0.4 is 5.32 Å². The highest BCUT2D eigenvalue weighted by Crippen LogP contribution is 2.27. The van der Waals surface area contributed by atoms with E-state index in [1.165, 1.54) is 11.8 Å². The molecule has 2 aromatic rings. The summed E-state index contributed by atoms with van der Waals surface area (Å²) in [6.45, 7) is 6.14. The molecule has 0 unspecified atom stereocenters. The van der Waals surface area contributed by atoms with Gasteiger partial charge in [0.2, 0.25) is 5.89 Å². The molecule has 118 valence electrons. The number of carboxylic acid groups (broad SMARTS) is 1. The number of thiocarbonyl (C=S) groups is 1. The first-order valence-electron chi connectivity index (χ1n) is 6.82. The third-order valence-electron chi connectivity index (χ3n) is 2.83. The van der Waals surface area contributed by atoms with Gasteiger partial charge in [0.15, 0.2) is 5.58 Å². The zero-order valence-electron chi connectivity index (χ0n) is 12.7. The van der Waals surface area contributed by atoms with Gasteiger partial charge in [-0.2, -0.15) is 0 Å². The molecule has 2 N–H and O–H groups in total. The highest BCUT2D eigenvalue weighted by molar-refractivity contribution is 8.23. The van der Waals surface area contributed by atoms with Gasteiger partial charge in [-0.25, -0.2) is 4.98 Å². The largest absolute Gasteiger partial charge is 0.481 e. The lowest BCUT2D eigenvalue weighted by atomic mass is 9.97. The summed E-state index contributed by atoms with van der Waals surface area (Å²) in [4.78, 5) is 14.9. The normalized spacial score (nSPS) is 11.6. The maximum Gasteiger partial charge on any atom is 0.304 e. The van der Waals surface area contributed by atoms with E-state index >= 15 is 0 Å². The number of hydrogen-bond donors (Lipinski definition) is 2. The van der Waals surface area contributed by atoms with E-state index < -0.39 is 5.97 Å². The fourth-order valence-electron chi connectivity index (χ4n) is 1.71. The summed E-state index contributed by atoms with van der Waals surface area (Å²) >= 11 is 6.50. The van der Waals surface area contributed by atoms with Crippen molar-refractivity contribution in [3.63, 3.8) is 0 Å². The van der Waals surface area contributed by atoms with Gasteiger partial charge in [-0.1, -0.05) is 44.8 Å². The first-order valence-corrected chi connectivity index (χ1v) is 8.22. The minimum absolute atomic E-state index is 0.0859. The van der Waals surface area contributed by atoms with Crippen LogP contribution in [0.4, 0.5) is 5.69 Å². The Morgan fingerprint density at radius 3 is 2.82 bits per heavy atom. The number of thioether (sulfide) groups is 1. The molecule has 22 heavy (non-hydrogen) atoms. The smallest absolute Gasteiger partial charge is 0.304 e. The van der Waals surface area contributed by atoms with E-state index in [4.69, 9.17) is 21.7 Å². The van der Waals surface area contributed by atoms with Crippen molar-refractivity contribution in [3.8, 4) is 0 Å². The summed E-state index contributed by atoms with van der Waals surface area (Å²) in [5.74, 6) is 0.311. The van der Waals surface area contributed by atoms with Gasteiger partial charge in [-0.05, 0) is 12.1 Å². The number of anilines is 1. The molecule has 2 rings (SSSR count). The minimum Gasteiger partial charge on any atom is -0.481 e. The molecule has 0 spiro atoms. The highest BCUT2D eigenvalue weighted by Gasteiger charge is 2.20. The van der Waals surface area contributed by atoms with Gasteiger partial charge in [0.25, 0.3) is 0 Å². The highest BCUT2D eigenvalue weighted by atomic mass is 32.2. The lowest BCUT2D eigenvalue weighted by Crippen LogP contribution is -2.10. The Labute approximate surface area is 138 Å². The van der Waals surface area contributed by atoms with Crippen LogP contribution in [-0.4, -0.2) is 26.1 Å². The molecule has 0 bridgehead atoms. The SMILES string of the molecule is CC(C)(C)c1nc2ccc(NC(=S)SCCC(=O)O)cc2o1. The van der Waals surface area contributed by atoms with Crippen molar-refractivity contribution >= 4 is 51.1 Å². The summed E-state index contributed by atoms with van der Waals surface area (Å²) in [7, 11) is 0. The van der Waals surface area contributed by atoms with Gasteiger partial charge >= 0.3 is 5.97 Å². The molecule has 0 atom stereocenters. The number of aromatic nitrogens is 1. The number of nitrogens with zero attached hydrogens (tertiary/aromatic N) is 1. The van der Waals surface area contributed by atoms with Crippen LogP contribution in [0.5, 0.6) is 0 Å². The average molecular weight is 338 g/mol. The first kappa shape index (κ1) is 16.8. The summed E-state index contributed by atoms with van der Waals surface area (Å²) in [6.07, 6.45) is 0.0859. The van der Waals surface area contributed by atoms with Gasteiger partial charge in [-0.3, -0.25) is 4.79 Å². The molecule has 1 heterocycles. The van der Waals surface area contributed by atoms with Crippen molar-refractivity contribution in [3.05, 3.63) is 24.1 Å². The van der Waals surface area contributed by atoms with Crippen LogP contribution in [-0.2, 0) is 10.2 Å². The lowest BCUT2D eigenvalue weighted by Gasteiger charge is -2.11. The maximum atomic E-state index is 10.5. The Morgan fingerprint density at radius 1 is 1.45 bits per heavy atom. The first-order chi connectivity index (χ1) is 10.3. The molecule has 0 aliphatic carbocycles. The van der Waals surface area contributed by atoms with Gasteiger partial charge in [0.1, 0.15) is 9.84 Å². The zero-order valence-corrected chi connectivity index (χ0v) is 14.3. The van der Waals surface area contributed by atoms with E-state index in [0.717, 1.165) is 11.2 Å². The number of oxazole rings is 1. The van der Waals surface area contributed by atoms with Crippen LogP contribution in [0.2, 0.25) is 0 Å². The lowest BCUT2D eigenvalue weighted by molar-refractivity contribution is -0.136. The molecule has 0 aliphatic heterocycles. The number of carboxylic acids is 1. The molecule has 0 radical (unpaired) electrons. The van der Waals surface area contributed by atoms with Crippen LogP contribution in [0.1, 0.15) is 33.1 Å². The predicted octanol–water partition coefficient (Wildman–Crippen LogP) is 4.03. The predicted molar refractivity (Wildman–Crippen MR) is 93.6 cm³/mol. The Hall–Kier alpha value is -1.60. The molecule has 0 saturated carbocycles. The number of fused-ring (bicyclic) bond motifs is 1. The van der Waals surface area contributed by atoms with Crippen LogP contribution >= 0.6 is 24.0 Å². The van der Waals surface area contributed by atoms with E-state index in [9.17, 15) is 4.79 Å². The maximum absolute atomic E-state index is 10.5. The Bertz CT molecular complexity index is 704. The Kier molecular flexibility index (Phi) is 5.08. The van der Waals surface area contributed by atoms with Crippen molar-refractivity contribution in [2.45, 2.75) is 32.6 Å². The Morgan fingerprint density at radius 2 is 2.18 bits per heavy atom. The summed E-state index contributed by atoms with van der Waals surface area (Å²) < 4.78 is 6.33. The number of carbonyl (C=O) groups is 1. The van der Waals surface area contributed by atoms with Crippen LogP contribution in [0.3, 0.4) is 0 Å². The van der Waals surface area contributed by atoms with Gasteiger partial charge in [-0.15, -0.1) is 0 Å².